The summed E-state index contributed by atoms with van der Waals surface area (Å²) >= 11 is 0. The highest BCUT2D eigenvalue weighted by atomic mass is 16.6. The topological polar surface area (TPSA) is 101 Å². The lowest BCUT2D eigenvalue weighted by Crippen LogP contribution is -2.56. The second-order valence-corrected chi connectivity index (χ2v) is 8.33. The van der Waals surface area contributed by atoms with Crippen molar-refractivity contribution in [3.05, 3.63) is 46.0 Å². The Morgan fingerprint density at radius 2 is 1.70 bits per heavy atom. The molecule has 0 radical (unpaired) electrons. The van der Waals surface area contributed by atoms with Crippen LogP contribution in [0.4, 0.5) is 5.69 Å². The number of amides is 2. The summed E-state index contributed by atoms with van der Waals surface area (Å²) in [5, 5.41) is 10.8. The van der Waals surface area contributed by atoms with Gasteiger partial charge in [0, 0.05) is 18.2 Å². The smallest absolute Gasteiger partial charge is 0.270 e. The third-order valence-corrected chi connectivity index (χ3v) is 6.33. The quantitative estimate of drug-likeness (QED) is 0.484. The first-order valence-corrected chi connectivity index (χ1v) is 9.46. The van der Waals surface area contributed by atoms with E-state index in [1.807, 2.05) is 0 Å². The summed E-state index contributed by atoms with van der Waals surface area (Å²) in [5.74, 6) is 1.45. The number of nitro benzene ring substituents is 1. The highest BCUT2D eigenvalue weighted by Gasteiger charge is 2.54. The standard InChI is InChI=1S/C20H23N3O4/c24-18(5-4-13-2-1-3-17(9-13)23(26)27)21-22-19(25)20-10-14-6-15(11-20)8-16(7-14)12-20/h1-5,9,14-16H,6-8,10-12H2,(H,21,24)(H,22,25). The molecule has 1 aromatic rings. The van der Waals surface area contributed by atoms with E-state index in [9.17, 15) is 19.7 Å². The predicted octanol–water partition coefficient (Wildman–Crippen LogP) is 2.97. The zero-order valence-electron chi connectivity index (χ0n) is 15.0. The Hall–Kier alpha value is -2.70. The minimum atomic E-state index is -0.483. The molecule has 4 fully saturated rings. The van der Waals surface area contributed by atoms with Crippen molar-refractivity contribution >= 4 is 23.6 Å². The fraction of sp³-hybridized carbons (Fsp3) is 0.500. The van der Waals surface area contributed by atoms with Gasteiger partial charge in [-0.15, -0.1) is 0 Å². The average molecular weight is 369 g/mol. The third kappa shape index (κ3) is 3.59. The number of non-ortho nitro benzene ring substituents is 1. The van der Waals surface area contributed by atoms with Crippen LogP contribution in [0.3, 0.4) is 0 Å². The molecule has 5 rings (SSSR count). The molecule has 1 aromatic carbocycles. The van der Waals surface area contributed by atoms with E-state index in [2.05, 4.69) is 10.9 Å². The highest BCUT2D eigenvalue weighted by molar-refractivity contribution is 5.94. The number of hydrogen-bond donors (Lipinski definition) is 2. The van der Waals surface area contributed by atoms with E-state index in [1.165, 1.54) is 43.5 Å². The van der Waals surface area contributed by atoms with Crippen molar-refractivity contribution in [1.82, 2.24) is 10.9 Å². The van der Waals surface area contributed by atoms with Crippen molar-refractivity contribution in [2.75, 3.05) is 0 Å². The summed E-state index contributed by atoms with van der Waals surface area (Å²) in [6.45, 7) is 0. The molecule has 2 amide bonds. The van der Waals surface area contributed by atoms with Crippen LogP contribution in [-0.4, -0.2) is 16.7 Å². The zero-order valence-corrected chi connectivity index (χ0v) is 15.0. The second kappa shape index (κ2) is 6.79. The molecule has 4 aliphatic rings. The van der Waals surface area contributed by atoms with Crippen molar-refractivity contribution in [2.24, 2.45) is 23.2 Å². The van der Waals surface area contributed by atoms with Crippen LogP contribution in [0.1, 0.15) is 44.1 Å². The Kier molecular flexibility index (Phi) is 4.45. The number of nitrogens with one attached hydrogen (secondary N) is 2. The highest BCUT2D eigenvalue weighted by Crippen LogP contribution is 2.60. The van der Waals surface area contributed by atoms with Crippen LogP contribution in [0.15, 0.2) is 30.3 Å². The first-order valence-electron chi connectivity index (χ1n) is 9.46. The number of nitro groups is 1. The summed E-state index contributed by atoms with van der Waals surface area (Å²) < 4.78 is 0. The van der Waals surface area contributed by atoms with Gasteiger partial charge in [0.2, 0.25) is 5.91 Å². The van der Waals surface area contributed by atoms with Gasteiger partial charge in [0.25, 0.3) is 11.6 Å². The first-order chi connectivity index (χ1) is 12.9. The summed E-state index contributed by atoms with van der Waals surface area (Å²) in [4.78, 5) is 35.1. The van der Waals surface area contributed by atoms with Gasteiger partial charge in [-0.1, -0.05) is 12.1 Å². The number of rotatable bonds is 4. The Morgan fingerprint density at radius 3 is 2.30 bits per heavy atom. The molecule has 0 heterocycles. The molecule has 27 heavy (non-hydrogen) atoms. The maximum absolute atomic E-state index is 12.8. The van der Waals surface area contributed by atoms with Crippen LogP contribution in [0.2, 0.25) is 0 Å². The Bertz CT molecular complexity index is 782. The number of hydrogen-bond acceptors (Lipinski definition) is 4. The predicted molar refractivity (Wildman–Crippen MR) is 99.0 cm³/mol. The van der Waals surface area contributed by atoms with Gasteiger partial charge in [0.1, 0.15) is 0 Å². The molecule has 4 bridgehead atoms. The molecule has 0 aliphatic heterocycles. The molecule has 0 saturated heterocycles. The second-order valence-electron chi connectivity index (χ2n) is 8.33. The first kappa shape index (κ1) is 17.7. The molecule has 142 valence electrons. The Balaban J connectivity index is 1.33. The molecule has 2 N–H and O–H groups in total. The molecule has 0 unspecified atom stereocenters. The normalized spacial score (nSPS) is 31.0. The van der Waals surface area contributed by atoms with Crippen LogP contribution in [-0.2, 0) is 9.59 Å². The molecule has 7 heteroatoms. The monoisotopic (exact) mass is 369 g/mol. The minimum Gasteiger partial charge on any atom is -0.273 e. The summed E-state index contributed by atoms with van der Waals surface area (Å²) in [5.41, 5.74) is 5.26. The minimum absolute atomic E-state index is 0.0346. The van der Waals surface area contributed by atoms with Crippen molar-refractivity contribution < 1.29 is 14.5 Å². The van der Waals surface area contributed by atoms with E-state index in [1.54, 1.807) is 12.1 Å². The van der Waals surface area contributed by atoms with Crippen LogP contribution < -0.4 is 10.9 Å². The summed E-state index contributed by atoms with van der Waals surface area (Å²) in [7, 11) is 0. The largest absolute Gasteiger partial charge is 0.273 e. The SMILES string of the molecule is O=C(C=Cc1cccc([N+](=O)[O-])c1)NNC(=O)C12CC3CC(CC(C3)C1)C2. The van der Waals surface area contributed by atoms with Gasteiger partial charge in [0.05, 0.1) is 10.3 Å². The van der Waals surface area contributed by atoms with Gasteiger partial charge in [-0.05, 0) is 67.9 Å². The van der Waals surface area contributed by atoms with Crippen molar-refractivity contribution in [2.45, 2.75) is 38.5 Å². The number of carbonyl (C=O) groups excluding carboxylic acids is 2. The summed E-state index contributed by atoms with van der Waals surface area (Å²) in [6, 6.07) is 6.01. The van der Waals surface area contributed by atoms with Crippen molar-refractivity contribution in [1.29, 1.82) is 0 Å². The molecular weight excluding hydrogens is 346 g/mol. The third-order valence-electron chi connectivity index (χ3n) is 6.33. The molecule has 0 spiro atoms. The number of carbonyl (C=O) groups is 2. The summed E-state index contributed by atoms with van der Waals surface area (Å²) in [6.07, 6.45) is 9.32. The van der Waals surface area contributed by atoms with E-state index in [0.29, 0.717) is 23.3 Å². The van der Waals surface area contributed by atoms with E-state index in [-0.39, 0.29) is 17.0 Å². The molecule has 4 saturated carbocycles. The van der Waals surface area contributed by atoms with Gasteiger partial charge >= 0.3 is 0 Å². The number of nitrogens with zero attached hydrogens (tertiary/aromatic N) is 1. The molecule has 7 nitrogen and oxygen atoms in total. The fourth-order valence-corrected chi connectivity index (χ4v) is 5.60. The Morgan fingerprint density at radius 1 is 1.07 bits per heavy atom. The molecule has 0 aromatic heterocycles. The van der Waals surface area contributed by atoms with Crippen LogP contribution >= 0.6 is 0 Å². The van der Waals surface area contributed by atoms with Crippen LogP contribution in [0.25, 0.3) is 6.08 Å². The van der Waals surface area contributed by atoms with Gasteiger partial charge in [-0.25, -0.2) is 0 Å². The lowest BCUT2D eigenvalue weighted by Gasteiger charge is -2.55. The van der Waals surface area contributed by atoms with Gasteiger partial charge in [-0.3, -0.25) is 30.6 Å². The van der Waals surface area contributed by atoms with E-state index < -0.39 is 10.8 Å². The average Bonchev–Trinajstić information content (AvgIpc) is 2.63. The zero-order chi connectivity index (χ0) is 19.0. The number of benzene rings is 1. The Labute approximate surface area is 157 Å². The lowest BCUT2D eigenvalue weighted by atomic mass is 9.49. The van der Waals surface area contributed by atoms with Gasteiger partial charge in [-0.2, -0.15) is 0 Å². The molecule has 0 atom stereocenters. The maximum Gasteiger partial charge on any atom is 0.270 e. The van der Waals surface area contributed by atoms with E-state index >= 15 is 0 Å². The van der Waals surface area contributed by atoms with Crippen molar-refractivity contribution in [3.63, 3.8) is 0 Å². The maximum atomic E-state index is 12.8. The molecular formula is C20H23N3O4. The number of hydrazine groups is 1. The fourth-order valence-electron chi connectivity index (χ4n) is 5.60. The van der Waals surface area contributed by atoms with Gasteiger partial charge in [0.15, 0.2) is 0 Å². The van der Waals surface area contributed by atoms with E-state index in [0.717, 1.165) is 19.3 Å². The lowest BCUT2D eigenvalue weighted by molar-refractivity contribution is -0.384. The van der Waals surface area contributed by atoms with E-state index in [4.69, 9.17) is 0 Å². The molecule has 4 aliphatic carbocycles. The van der Waals surface area contributed by atoms with Gasteiger partial charge < -0.3 is 0 Å². The van der Waals surface area contributed by atoms with Crippen LogP contribution in [0.5, 0.6) is 0 Å². The van der Waals surface area contributed by atoms with Crippen molar-refractivity contribution in [3.8, 4) is 0 Å². The van der Waals surface area contributed by atoms with Crippen LogP contribution in [0, 0.1) is 33.3 Å².